The Kier molecular flexibility index (Phi) is 7.54. The van der Waals surface area contributed by atoms with Crippen LogP contribution in [0.25, 0.3) is 22.3 Å². The highest BCUT2D eigenvalue weighted by molar-refractivity contribution is 5.92. The molecule has 0 unspecified atom stereocenters. The van der Waals surface area contributed by atoms with E-state index in [4.69, 9.17) is 23.9 Å². The summed E-state index contributed by atoms with van der Waals surface area (Å²) in [5.74, 6) is 1.71. The molecular weight excluding hydrogens is 510 g/mol. The first-order valence-corrected chi connectivity index (χ1v) is 12.3. The third-order valence-corrected chi connectivity index (χ3v) is 6.14. The molecule has 0 N–H and O–H groups in total. The van der Waals surface area contributed by atoms with Gasteiger partial charge in [0.2, 0.25) is 0 Å². The minimum Gasteiger partial charge on any atom is -0.497 e. The van der Waals surface area contributed by atoms with E-state index in [9.17, 15) is 9.59 Å². The Labute approximate surface area is 229 Å². The van der Waals surface area contributed by atoms with E-state index >= 15 is 0 Å². The molecule has 1 heterocycles. The van der Waals surface area contributed by atoms with Crippen molar-refractivity contribution in [2.45, 2.75) is 0 Å². The fourth-order valence-electron chi connectivity index (χ4n) is 4.02. The number of nitrogens with zero attached hydrogens (tertiary/aromatic N) is 3. The molecule has 4 aromatic carbocycles. The molecular formula is C31H25N3O6. The van der Waals surface area contributed by atoms with Gasteiger partial charge in [0.05, 0.1) is 44.0 Å². The van der Waals surface area contributed by atoms with Crippen molar-refractivity contribution in [3.63, 3.8) is 0 Å². The lowest BCUT2D eigenvalue weighted by Gasteiger charge is -2.11. The molecule has 9 heteroatoms. The number of ether oxygens (including phenoxy) is 4. The Morgan fingerprint density at radius 2 is 1.48 bits per heavy atom. The van der Waals surface area contributed by atoms with Gasteiger partial charge in [0.1, 0.15) is 11.5 Å². The van der Waals surface area contributed by atoms with E-state index in [0.717, 1.165) is 0 Å². The molecule has 0 atom stereocenters. The molecule has 200 valence electrons. The van der Waals surface area contributed by atoms with Crippen molar-refractivity contribution in [3.8, 4) is 34.4 Å². The van der Waals surface area contributed by atoms with E-state index in [1.54, 1.807) is 87.0 Å². The second kappa shape index (κ2) is 11.5. The second-order valence-electron chi connectivity index (χ2n) is 8.57. The van der Waals surface area contributed by atoms with Crippen molar-refractivity contribution in [2.24, 2.45) is 5.10 Å². The van der Waals surface area contributed by atoms with Crippen LogP contribution in [-0.4, -0.2) is 43.2 Å². The molecule has 0 saturated heterocycles. The van der Waals surface area contributed by atoms with E-state index in [-0.39, 0.29) is 11.3 Å². The zero-order valence-corrected chi connectivity index (χ0v) is 22.0. The number of fused-ring (bicyclic) bond motifs is 1. The highest BCUT2D eigenvalue weighted by Gasteiger charge is 2.15. The van der Waals surface area contributed by atoms with Gasteiger partial charge in [-0.3, -0.25) is 4.79 Å². The Balaban J connectivity index is 1.48. The minimum atomic E-state index is -0.541. The highest BCUT2D eigenvalue weighted by atomic mass is 16.6. The van der Waals surface area contributed by atoms with Gasteiger partial charge >= 0.3 is 5.97 Å². The average molecular weight is 536 g/mol. The topological polar surface area (TPSA) is 101 Å². The average Bonchev–Trinajstić information content (AvgIpc) is 3.01. The maximum Gasteiger partial charge on any atom is 0.343 e. The number of para-hydroxylation sites is 1. The van der Waals surface area contributed by atoms with Crippen LogP contribution in [0, 0.1) is 0 Å². The maximum absolute atomic E-state index is 13.4. The van der Waals surface area contributed by atoms with Crippen molar-refractivity contribution in [3.05, 3.63) is 112 Å². The van der Waals surface area contributed by atoms with E-state index < -0.39 is 5.97 Å². The smallest absolute Gasteiger partial charge is 0.343 e. The summed E-state index contributed by atoms with van der Waals surface area (Å²) in [6.07, 6.45) is 1.52. The summed E-state index contributed by atoms with van der Waals surface area (Å²) in [6.45, 7) is 0. The Bertz CT molecular complexity index is 1760. The number of rotatable bonds is 8. The Hall–Kier alpha value is -5.44. The van der Waals surface area contributed by atoms with Crippen molar-refractivity contribution < 1.29 is 23.7 Å². The number of esters is 1. The standard InChI is InChI=1S/C31H25N3O6/c1-37-23-13-9-21(10-14-23)29-33-26-7-5-4-6-25(26)30(35)34(29)32-19-20-8-17-27(28(18-20)39-3)40-31(36)22-11-15-24(38-2)16-12-22/h4-19H,1-3H3. The lowest BCUT2D eigenvalue weighted by molar-refractivity contribution is 0.0729. The van der Waals surface area contributed by atoms with Gasteiger partial charge in [-0.15, -0.1) is 0 Å². The fourth-order valence-corrected chi connectivity index (χ4v) is 4.02. The van der Waals surface area contributed by atoms with E-state index in [1.165, 1.54) is 18.0 Å². The number of methoxy groups -OCH3 is 3. The van der Waals surface area contributed by atoms with Gasteiger partial charge in [0, 0.05) is 5.56 Å². The number of hydrogen-bond acceptors (Lipinski definition) is 8. The first kappa shape index (κ1) is 26.2. The number of carbonyl (C=O) groups is 1. The Morgan fingerprint density at radius 1 is 0.800 bits per heavy atom. The van der Waals surface area contributed by atoms with Gasteiger partial charge in [-0.05, 0) is 84.4 Å². The quantitative estimate of drug-likeness (QED) is 0.153. The van der Waals surface area contributed by atoms with E-state index in [1.807, 2.05) is 18.2 Å². The van der Waals surface area contributed by atoms with Crippen LogP contribution in [0.2, 0.25) is 0 Å². The fraction of sp³-hybridized carbons (Fsp3) is 0.0968. The molecule has 0 spiro atoms. The summed E-state index contributed by atoms with van der Waals surface area (Å²) in [4.78, 5) is 30.8. The van der Waals surface area contributed by atoms with E-state index in [0.29, 0.717) is 50.7 Å². The molecule has 0 aliphatic heterocycles. The highest BCUT2D eigenvalue weighted by Crippen LogP contribution is 2.29. The third-order valence-electron chi connectivity index (χ3n) is 6.14. The van der Waals surface area contributed by atoms with E-state index in [2.05, 4.69) is 5.10 Å². The van der Waals surface area contributed by atoms with Crippen molar-refractivity contribution in [2.75, 3.05) is 21.3 Å². The molecule has 40 heavy (non-hydrogen) atoms. The number of benzene rings is 4. The van der Waals surface area contributed by atoms with Crippen molar-refractivity contribution in [1.29, 1.82) is 0 Å². The second-order valence-corrected chi connectivity index (χ2v) is 8.57. The minimum absolute atomic E-state index is 0.240. The van der Waals surface area contributed by atoms with Gasteiger partial charge < -0.3 is 18.9 Å². The summed E-state index contributed by atoms with van der Waals surface area (Å²) in [5.41, 5.74) is 1.92. The zero-order chi connectivity index (χ0) is 28.1. The molecule has 0 aliphatic rings. The van der Waals surface area contributed by atoms with Gasteiger partial charge in [-0.2, -0.15) is 9.78 Å². The molecule has 9 nitrogen and oxygen atoms in total. The SMILES string of the molecule is COc1ccc(C(=O)Oc2ccc(C=Nn3c(-c4ccc(OC)cc4)nc4ccccc4c3=O)cc2OC)cc1. The first-order chi connectivity index (χ1) is 19.5. The third kappa shape index (κ3) is 5.39. The van der Waals surface area contributed by atoms with Gasteiger partial charge in [-0.25, -0.2) is 9.78 Å². The van der Waals surface area contributed by atoms with Crippen LogP contribution in [0.5, 0.6) is 23.0 Å². The summed E-state index contributed by atoms with van der Waals surface area (Å²) < 4.78 is 22.7. The number of carbonyl (C=O) groups excluding carboxylic acids is 1. The van der Waals surface area contributed by atoms with Gasteiger partial charge in [0.25, 0.3) is 5.56 Å². The monoisotopic (exact) mass is 535 g/mol. The molecule has 1 aromatic heterocycles. The van der Waals surface area contributed by atoms with Gasteiger partial charge in [-0.1, -0.05) is 12.1 Å². The molecule has 5 aromatic rings. The summed E-state index contributed by atoms with van der Waals surface area (Å²) in [5, 5.41) is 4.93. The normalized spacial score (nSPS) is 11.0. The first-order valence-electron chi connectivity index (χ1n) is 12.3. The van der Waals surface area contributed by atoms with Crippen molar-refractivity contribution in [1.82, 2.24) is 9.66 Å². The molecule has 5 rings (SSSR count). The zero-order valence-electron chi connectivity index (χ0n) is 22.0. The predicted octanol–water partition coefficient (Wildman–Crippen LogP) is 5.19. The molecule has 0 radical (unpaired) electrons. The molecule has 0 bridgehead atoms. The number of aromatic nitrogens is 2. The van der Waals surface area contributed by atoms with Crippen molar-refractivity contribution >= 4 is 23.1 Å². The van der Waals surface area contributed by atoms with Gasteiger partial charge in [0.15, 0.2) is 17.3 Å². The van der Waals surface area contributed by atoms with Crippen LogP contribution in [0.4, 0.5) is 0 Å². The summed E-state index contributed by atoms with van der Waals surface area (Å²) >= 11 is 0. The van der Waals surface area contributed by atoms with Crippen LogP contribution in [0.15, 0.2) is 101 Å². The maximum atomic E-state index is 13.4. The molecule has 0 saturated carbocycles. The summed E-state index contributed by atoms with van der Waals surface area (Å²) in [7, 11) is 4.61. The van der Waals surface area contributed by atoms with Crippen LogP contribution >= 0.6 is 0 Å². The Morgan fingerprint density at radius 3 is 2.15 bits per heavy atom. The van der Waals surface area contributed by atoms with Crippen LogP contribution in [-0.2, 0) is 0 Å². The predicted molar refractivity (Wildman–Crippen MR) is 152 cm³/mol. The summed E-state index contributed by atoms with van der Waals surface area (Å²) in [6, 6.07) is 25.9. The van der Waals surface area contributed by atoms with Crippen LogP contribution < -0.4 is 24.5 Å². The molecule has 0 fully saturated rings. The molecule has 0 aliphatic carbocycles. The van der Waals surface area contributed by atoms with Crippen LogP contribution in [0.1, 0.15) is 15.9 Å². The van der Waals surface area contributed by atoms with Crippen LogP contribution in [0.3, 0.4) is 0 Å². The lowest BCUT2D eigenvalue weighted by Crippen LogP contribution is -2.20. The lowest BCUT2D eigenvalue weighted by atomic mass is 10.2. The molecule has 0 amide bonds. The largest absolute Gasteiger partial charge is 0.497 e. The number of hydrogen-bond donors (Lipinski definition) is 0.